The number of hydrogen-bond acceptors (Lipinski definition) is 1. The molecule has 0 aromatic heterocycles. The molecule has 0 saturated heterocycles. The zero-order valence-corrected chi connectivity index (χ0v) is 9.23. The number of benzene rings is 1. The van der Waals surface area contributed by atoms with E-state index in [0.29, 0.717) is 12.3 Å². The number of amides is 1. The molecule has 2 N–H and O–H groups in total. The smallest absolute Gasteiger partial charge is 0.221 e. The molecule has 1 amide bonds. The van der Waals surface area contributed by atoms with Crippen molar-refractivity contribution >= 4 is 12.0 Å². The Balaban J connectivity index is 2.84. The SMILES string of the molecule is CC(C)c1ccccc1C=CCC(N)=O. The van der Waals surface area contributed by atoms with Gasteiger partial charge in [0.25, 0.3) is 0 Å². The van der Waals surface area contributed by atoms with Gasteiger partial charge < -0.3 is 5.73 Å². The van der Waals surface area contributed by atoms with Gasteiger partial charge in [-0.05, 0) is 17.0 Å². The fourth-order valence-corrected chi connectivity index (χ4v) is 1.49. The first kappa shape index (κ1) is 11.5. The Hall–Kier alpha value is -1.57. The molecule has 0 saturated carbocycles. The average Bonchev–Trinajstić information content (AvgIpc) is 2.17. The van der Waals surface area contributed by atoms with Crippen LogP contribution in [0.3, 0.4) is 0 Å². The highest BCUT2D eigenvalue weighted by Gasteiger charge is 2.02. The molecular formula is C13H17NO. The van der Waals surface area contributed by atoms with Crippen LogP contribution in [-0.2, 0) is 4.79 Å². The largest absolute Gasteiger partial charge is 0.369 e. The van der Waals surface area contributed by atoms with E-state index in [1.807, 2.05) is 30.4 Å². The van der Waals surface area contributed by atoms with Gasteiger partial charge in [-0.15, -0.1) is 0 Å². The van der Waals surface area contributed by atoms with Gasteiger partial charge in [0.1, 0.15) is 0 Å². The van der Waals surface area contributed by atoms with Gasteiger partial charge in [0.05, 0.1) is 0 Å². The molecule has 0 heterocycles. The average molecular weight is 203 g/mol. The molecule has 15 heavy (non-hydrogen) atoms. The zero-order valence-electron chi connectivity index (χ0n) is 9.23. The molecule has 0 fully saturated rings. The van der Waals surface area contributed by atoms with E-state index >= 15 is 0 Å². The quantitative estimate of drug-likeness (QED) is 0.803. The summed E-state index contributed by atoms with van der Waals surface area (Å²) in [5.74, 6) is 0.188. The molecule has 0 aliphatic heterocycles. The van der Waals surface area contributed by atoms with Gasteiger partial charge in [-0.1, -0.05) is 50.3 Å². The maximum atomic E-state index is 10.6. The van der Waals surface area contributed by atoms with Crippen molar-refractivity contribution < 1.29 is 4.79 Å². The van der Waals surface area contributed by atoms with Crippen molar-refractivity contribution in [2.45, 2.75) is 26.2 Å². The minimum absolute atomic E-state index is 0.298. The Morgan fingerprint density at radius 3 is 2.67 bits per heavy atom. The summed E-state index contributed by atoms with van der Waals surface area (Å²) in [4.78, 5) is 10.6. The summed E-state index contributed by atoms with van der Waals surface area (Å²) < 4.78 is 0. The third-order valence-corrected chi connectivity index (χ3v) is 2.23. The number of carbonyl (C=O) groups is 1. The van der Waals surface area contributed by atoms with Crippen molar-refractivity contribution in [3.05, 3.63) is 41.5 Å². The molecule has 2 heteroatoms. The maximum Gasteiger partial charge on any atom is 0.221 e. The molecule has 0 spiro atoms. The van der Waals surface area contributed by atoms with E-state index < -0.39 is 0 Å². The summed E-state index contributed by atoms with van der Waals surface area (Å²) in [5.41, 5.74) is 7.52. The number of carbonyl (C=O) groups excluding carboxylic acids is 1. The van der Waals surface area contributed by atoms with Crippen LogP contribution in [0.4, 0.5) is 0 Å². The lowest BCUT2D eigenvalue weighted by atomic mass is 9.97. The summed E-state index contributed by atoms with van der Waals surface area (Å²) in [6.45, 7) is 4.31. The molecule has 1 aromatic carbocycles. The molecule has 0 aliphatic rings. The molecule has 0 unspecified atom stereocenters. The van der Waals surface area contributed by atoms with E-state index in [2.05, 4.69) is 19.9 Å². The normalized spacial score (nSPS) is 11.1. The van der Waals surface area contributed by atoms with E-state index in [1.54, 1.807) is 0 Å². The zero-order chi connectivity index (χ0) is 11.3. The van der Waals surface area contributed by atoms with E-state index in [1.165, 1.54) is 5.56 Å². The van der Waals surface area contributed by atoms with Crippen molar-refractivity contribution in [3.8, 4) is 0 Å². The third kappa shape index (κ3) is 3.58. The standard InChI is InChI=1S/C13H17NO/c1-10(2)12-8-4-3-6-11(12)7-5-9-13(14)15/h3-8,10H,9H2,1-2H3,(H2,14,15). The van der Waals surface area contributed by atoms with Gasteiger partial charge in [0.2, 0.25) is 5.91 Å². The van der Waals surface area contributed by atoms with Crippen LogP contribution in [0, 0.1) is 0 Å². The van der Waals surface area contributed by atoms with Crippen LogP contribution in [0.1, 0.15) is 37.3 Å². The predicted octanol–water partition coefficient (Wildman–Crippen LogP) is 2.70. The van der Waals surface area contributed by atoms with E-state index in [4.69, 9.17) is 5.73 Å². The van der Waals surface area contributed by atoms with Gasteiger partial charge in [-0.25, -0.2) is 0 Å². The Morgan fingerprint density at radius 2 is 2.07 bits per heavy atom. The van der Waals surface area contributed by atoms with Gasteiger partial charge in [0.15, 0.2) is 0 Å². The summed E-state index contributed by atoms with van der Waals surface area (Å²) >= 11 is 0. The second-order valence-electron chi connectivity index (χ2n) is 3.86. The van der Waals surface area contributed by atoms with Crippen LogP contribution >= 0.6 is 0 Å². The lowest BCUT2D eigenvalue weighted by Gasteiger charge is -2.08. The third-order valence-electron chi connectivity index (χ3n) is 2.23. The molecule has 0 radical (unpaired) electrons. The minimum Gasteiger partial charge on any atom is -0.369 e. The lowest BCUT2D eigenvalue weighted by molar-refractivity contribution is -0.117. The van der Waals surface area contributed by atoms with E-state index in [0.717, 1.165) is 5.56 Å². The van der Waals surface area contributed by atoms with Crippen LogP contribution in [0.15, 0.2) is 30.3 Å². The Labute approximate surface area is 90.8 Å². The highest BCUT2D eigenvalue weighted by molar-refractivity contribution is 5.76. The summed E-state index contributed by atoms with van der Waals surface area (Å²) in [6.07, 6.45) is 4.07. The second kappa shape index (κ2) is 5.35. The van der Waals surface area contributed by atoms with Gasteiger partial charge >= 0.3 is 0 Å². The van der Waals surface area contributed by atoms with Crippen molar-refractivity contribution in [1.29, 1.82) is 0 Å². The number of nitrogens with two attached hydrogens (primary N) is 1. The second-order valence-corrected chi connectivity index (χ2v) is 3.86. The van der Waals surface area contributed by atoms with Crippen LogP contribution in [-0.4, -0.2) is 5.91 Å². The van der Waals surface area contributed by atoms with E-state index in [-0.39, 0.29) is 5.91 Å². The highest BCUT2D eigenvalue weighted by Crippen LogP contribution is 2.20. The monoisotopic (exact) mass is 203 g/mol. The van der Waals surface area contributed by atoms with Crippen LogP contribution < -0.4 is 5.73 Å². The fraction of sp³-hybridized carbons (Fsp3) is 0.308. The van der Waals surface area contributed by atoms with Crippen LogP contribution in [0.25, 0.3) is 6.08 Å². The van der Waals surface area contributed by atoms with Gasteiger partial charge in [-0.2, -0.15) is 0 Å². The van der Waals surface area contributed by atoms with Crippen molar-refractivity contribution in [1.82, 2.24) is 0 Å². The Bertz CT molecular complexity index is 367. The maximum absolute atomic E-state index is 10.6. The van der Waals surface area contributed by atoms with Crippen LogP contribution in [0.2, 0.25) is 0 Å². The minimum atomic E-state index is -0.298. The lowest BCUT2D eigenvalue weighted by Crippen LogP contribution is -2.07. The Morgan fingerprint density at radius 1 is 1.40 bits per heavy atom. The molecule has 1 rings (SSSR count). The molecule has 80 valence electrons. The molecule has 1 aromatic rings. The first-order chi connectivity index (χ1) is 7.11. The summed E-state index contributed by atoms with van der Waals surface area (Å²) in [6, 6.07) is 8.18. The summed E-state index contributed by atoms with van der Waals surface area (Å²) in [7, 11) is 0. The molecule has 0 atom stereocenters. The molecule has 0 aliphatic carbocycles. The molecular weight excluding hydrogens is 186 g/mol. The van der Waals surface area contributed by atoms with E-state index in [9.17, 15) is 4.79 Å². The first-order valence-electron chi connectivity index (χ1n) is 5.15. The van der Waals surface area contributed by atoms with Crippen molar-refractivity contribution in [2.75, 3.05) is 0 Å². The summed E-state index contributed by atoms with van der Waals surface area (Å²) in [5, 5.41) is 0. The number of rotatable bonds is 4. The van der Waals surface area contributed by atoms with Gasteiger partial charge in [0, 0.05) is 6.42 Å². The van der Waals surface area contributed by atoms with Crippen LogP contribution in [0.5, 0.6) is 0 Å². The van der Waals surface area contributed by atoms with Gasteiger partial charge in [-0.3, -0.25) is 4.79 Å². The van der Waals surface area contributed by atoms with Crippen molar-refractivity contribution in [3.63, 3.8) is 0 Å². The topological polar surface area (TPSA) is 43.1 Å². The fourth-order valence-electron chi connectivity index (χ4n) is 1.49. The van der Waals surface area contributed by atoms with Crippen molar-refractivity contribution in [2.24, 2.45) is 5.73 Å². The molecule has 0 bridgehead atoms. The highest BCUT2D eigenvalue weighted by atomic mass is 16.1. The number of hydrogen-bond donors (Lipinski definition) is 1. The first-order valence-corrected chi connectivity index (χ1v) is 5.15. The number of primary amides is 1. The predicted molar refractivity (Wildman–Crippen MR) is 63.4 cm³/mol. The Kier molecular flexibility index (Phi) is 4.10. The molecule has 2 nitrogen and oxygen atoms in total.